The highest BCUT2D eigenvalue weighted by molar-refractivity contribution is 4.75. The van der Waals surface area contributed by atoms with Crippen LogP contribution in [-0.4, -0.2) is 39.2 Å². The summed E-state index contributed by atoms with van der Waals surface area (Å²) >= 11 is 0. The van der Waals surface area contributed by atoms with Gasteiger partial charge < -0.3 is 14.4 Å². The second kappa shape index (κ2) is 4.34. The van der Waals surface area contributed by atoms with E-state index < -0.39 is 5.60 Å². The summed E-state index contributed by atoms with van der Waals surface area (Å²) < 4.78 is 6.64. The van der Waals surface area contributed by atoms with Crippen molar-refractivity contribution in [1.29, 1.82) is 0 Å². The van der Waals surface area contributed by atoms with Crippen LogP contribution in [0.3, 0.4) is 0 Å². The first-order valence-corrected chi connectivity index (χ1v) is 4.18. The van der Waals surface area contributed by atoms with Crippen LogP contribution in [-0.2, 0) is 11.3 Å². The summed E-state index contributed by atoms with van der Waals surface area (Å²) in [5.41, 5.74) is -0.765. The number of hydrogen-bond donors (Lipinski definition) is 1. The minimum Gasteiger partial charge on any atom is -0.388 e. The molecule has 5 nitrogen and oxygen atoms in total. The summed E-state index contributed by atoms with van der Waals surface area (Å²) in [5.74, 6) is 0. The average molecular weight is 185 g/mol. The molecule has 5 heteroatoms. The van der Waals surface area contributed by atoms with Crippen molar-refractivity contribution in [2.45, 2.75) is 25.5 Å². The van der Waals surface area contributed by atoms with Crippen LogP contribution in [0.2, 0.25) is 0 Å². The third-order valence-electron chi connectivity index (χ3n) is 1.83. The van der Waals surface area contributed by atoms with Crippen LogP contribution in [0.15, 0.2) is 12.7 Å². The molecule has 1 atom stereocenters. The number of aliphatic hydroxyl groups is 1. The zero-order valence-corrected chi connectivity index (χ0v) is 7.97. The van der Waals surface area contributed by atoms with Gasteiger partial charge in [-0.25, -0.2) is 0 Å². The number of methoxy groups -OCH3 is 1. The molecule has 0 radical (unpaired) electrons. The monoisotopic (exact) mass is 185 g/mol. The summed E-state index contributed by atoms with van der Waals surface area (Å²) in [6.07, 6.45) is 3.77. The average Bonchev–Trinajstić information content (AvgIpc) is 2.52. The van der Waals surface area contributed by atoms with Crippen LogP contribution < -0.4 is 0 Å². The molecule has 1 aromatic heterocycles. The number of aromatic nitrogens is 3. The molecule has 1 heterocycles. The van der Waals surface area contributed by atoms with Crippen LogP contribution >= 0.6 is 0 Å². The molecule has 0 spiro atoms. The SMILES string of the molecule is COCCC(C)(O)Cn1cnnc1. The van der Waals surface area contributed by atoms with E-state index in [1.54, 1.807) is 31.3 Å². The number of ether oxygens (including phenoxy) is 1. The van der Waals surface area contributed by atoms with Crippen molar-refractivity contribution in [3.63, 3.8) is 0 Å². The smallest absolute Gasteiger partial charge is 0.119 e. The van der Waals surface area contributed by atoms with Crippen LogP contribution in [0, 0.1) is 0 Å². The van der Waals surface area contributed by atoms with Crippen LogP contribution in [0.1, 0.15) is 13.3 Å². The molecule has 1 N–H and O–H groups in total. The summed E-state index contributed by atoms with van der Waals surface area (Å²) in [5, 5.41) is 17.2. The van der Waals surface area contributed by atoms with Gasteiger partial charge in [-0.1, -0.05) is 0 Å². The number of nitrogens with zero attached hydrogens (tertiary/aromatic N) is 3. The van der Waals surface area contributed by atoms with Crippen molar-refractivity contribution >= 4 is 0 Å². The largest absolute Gasteiger partial charge is 0.388 e. The van der Waals surface area contributed by atoms with Gasteiger partial charge in [0.2, 0.25) is 0 Å². The fourth-order valence-corrected chi connectivity index (χ4v) is 1.10. The number of hydrogen-bond acceptors (Lipinski definition) is 4. The lowest BCUT2D eigenvalue weighted by molar-refractivity contribution is 0.00998. The molecule has 0 aliphatic carbocycles. The maximum absolute atomic E-state index is 9.86. The van der Waals surface area contributed by atoms with Gasteiger partial charge in [-0.15, -0.1) is 10.2 Å². The summed E-state index contributed by atoms with van der Waals surface area (Å²) in [7, 11) is 1.62. The zero-order valence-electron chi connectivity index (χ0n) is 7.97. The van der Waals surface area contributed by atoms with Crippen molar-refractivity contribution in [1.82, 2.24) is 14.8 Å². The van der Waals surface area contributed by atoms with Gasteiger partial charge in [0.25, 0.3) is 0 Å². The molecular formula is C8H15N3O2. The summed E-state index contributed by atoms with van der Waals surface area (Å²) in [6, 6.07) is 0. The van der Waals surface area contributed by atoms with E-state index >= 15 is 0 Å². The molecule has 0 amide bonds. The first-order valence-electron chi connectivity index (χ1n) is 4.18. The van der Waals surface area contributed by atoms with Gasteiger partial charge in [0.05, 0.1) is 12.1 Å². The topological polar surface area (TPSA) is 60.2 Å². The van der Waals surface area contributed by atoms with E-state index in [0.717, 1.165) is 0 Å². The second-order valence-corrected chi connectivity index (χ2v) is 3.37. The van der Waals surface area contributed by atoms with Gasteiger partial charge in [0.15, 0.2) is 0 Å². The molecule has 1 aromatic rings. The van der Waals surface area contributed by atoms with E-state index in [-0.39, 0.29) is 0 Å². The lowest BCUT2D eigenvalue weighted by Crippen LogP contribution is -2.31. The lowest BCUT2D eigenvalue weighted by Gasteiger charge is -2.22. The Kier molecular flexibility index (Phi) is 3.39. The molecule has 1 rings (SSSR count). The molecule has 74 valence electrons. The summed E-state index contributed by atoms with van der Waals surface area (Å²) in [4.78, 5) is 0. The first-order chi connectivity index (χ1) is 6.14. The van der Waals surface area contributed by atoms with Crippen molar-refractivity contribution in [2.24, 2.45) is 0 Å². The molecule has 0 aromatic carbocycles. The quantitative estimate of drug-likeness (QED) is 0.705. The molecule has 0 saturated carbocycles. The predicted octanol–water partition coefficient (Wildman–Crippen LogP) is 0.0656. The van der Waals surface area contributed by atoms with E-state index in [9.17, 15) is 5.11 Å². The van der Waals surface area contributed by atoms with E-state index in [4.69, 9.17) is 4.74 Å². The molecule has 0 aliphatic heterocycles. The Labute approximate surface area is 77.4 Å². The Balaban J connectivity index is 2.42. The Morgan fingerprint density at radius 3 is 2.62 bits per heavy atom. The van der Waals surface area contributed by atoms with Crippen molar-refractivity contribution in [3.05, 3.63) is 12.7 Å². The summed E-state index contributed by atoms with van der Waals surface area (Å²) in [6.45, 7) is 2.81. The molecular weight excluding hydrogens is 170 g/mol. The molecule has 13 heavy (non-hydrogen) atoms. The highest BCUT2D eigenvalue weighted by Gasteiger charge is 2.20. The third-order valence-corrected chi connectivity index (χ3v) is 1.83. The standard InChI is InChI=1S/C8H15N3O2/c1-8(12,3-4-13-2)5-11-6-9-10-7-11/h6-7,12H,3-5H2,1-2H3. The Bertz CT molecular complexity index is 234. The van der Waals surface area contributed by atoms with E-state index in [1.807, 2.05) is 0 Å². The Hall–Kier alpha value is -0.940. The van der Waals surface area contributed by atoms with Crippen LogP contribution in [0.25, 0.3) is 0 Å². The highest BCUT2D eigenvalue weighted by Crippen LogP contribution is 2.11. The maximum atomic E-state index is 9.86. The van der Waals surface area contributed by atoms with Crippen molar-refractivity contribution in [2.75, 3.05) is 13.7 Å². The zero-order chi connectivity index (χ0) is 9.73. The van der Waals surface area contributed by atoms with Gasteiger partial charge >= 0.3 is 0 Å². The van der Waals surface area contributed by atoms with E-state index in [0.29, 0.717) is 19.6 Å². The first kappa shape index (κ1) is 10.1. The van der Waals surface area contributed by atoms with Crippen LogP contribution in [0.4, 0.5) is 0 Å². The van der Waals surface area contributed by atoms with Gasteiger partial charge in [-0.3, -0.25) is 0 Å². The van der Waals surface area contributed by atoms with Crippen LogP contribution in [0.5, 0.6) is 0 Å². The fraction of sp³-hybridized carbons (Fsp3) is 0.750. The maximum Gasteiger partial charge on any atom is 0.119 e. The Morgan fingerprint density at radius 2 is 2.08 bits per heavy atom. The van der Waals surface area contributed by atoms with Gasteiger partial charge in [-0.2, -0.15) is 0 Å². The van der Waals surface area contributed by atoms with Crippen molar-refractivity contribution < 1.29 is 9.84 Å². The molecule has 0 saturated heterocycles. The molecule has 1 unspecified atom stereocenters. The highest BCUT2D eigenvalue weighted by atomic mass is 16.5. The normalized spacial score (nSPS) is 15.6. The van der Waals surface area contributed by atoms with Crippen molar-refractivity contribution in [3.8, 4) is 0 Å². The third kappa shape index (κ3) is 3.52. The second-order valence-electron chi connectivity index (χ2n) is 3.37. The van der Waals surface area contributed by atoms with Gasteiger partial charge in [-0.05, 0) is 6.92 Å². The van der Waals surface area contributed by atoms with Gasteiger partial charge in [0.1, 0.15) is 12.7 Å². The fourth-order valence-electron chi connectivity index (χ4n) is 1.10. The molecule has 0 aliphatic rings. The number of rotatable bonds is 5. The van der Waals surface area contributed by atoms with E-state index in [2.05, 4.69) is 10.2 Å². The minimum atomic E-state index is -0.765. The van der Waals surface area contributed by atoms with Gasteiger partial charge in [0, 0.05) is 20.1 Å². The Morgan fingerprint density at radius 1 is 1.46 bits per heavy atom. The van der Waals surface area contributed by atoms with E-state index in [1.165, 1.54) is 0 Å². The molecule has 0 fully saturated rings. The lowest BCUT2D eigenvalue weighted by atomic mass is 10.0. The molecule has 0 bridgehead atoms. The predicted molar refractivity (Wildman–Crippen MR) is 47.1 cm³/mol. The minimum absolute atomic E-state index is 0.489.